The van der Waals surface area contributed by atoms with Gasteiger partial charge in [-0.05, 0) is 37.1 Å². The molecule has 0 fully saturated rings. The molecule has 0 aliphatic heterocycles. The molecular weight excluding hydrogens is 242 g/mol. The molecule has 0 aliphatic carbocycles. The first kappa shape index (κ1) is 15.0. The molecule has 0 aromatic heterocycles. The predicted octanol–water partition coefficient (Wildman–Crippen LogP) is 2.81. The summed E-state index contributed by atoms with van der Waals surface area (Å²) in [6.07, 6.45) is 0. The Balaban J connectivity index is 2.53. The molecule has 0 aliphatic rings. The van der Waals surface area contributed by atoms with Gasteiger partial charge in [0.15, 0.2) is 0 Å². The minimum absolute atomic E-state index is 0.110. The topological polar surface area (TPSA) is 70.2 Å². The molecule has 3 N–H and O–H groups in total. The molecule has 1 rings (SSSR count). The third-order valence-electron chi connectivity index (χ3n) is 2.82. The summed E-state index contributed by atoms with van der Waals surface area (Å²) in [4.78, 5) is 22.6. The molecule has 0 bridgehead atoms. The number of carbonyl (C=O) groups is 2. The Hall–Kier alpha value is -2.04. The van der Waals surface area contributed by atoms with Gasteiger partial charge in [-0.15, -0.1) is 0 Å². The standard InChI is InChI=1S/C14H21N3O2/c1-9(2)10(3)15-14(19)17-13-7-5-12(6-8-13)16-11(4)18/h5-10H,1-4H3,(H,16,18)(H2,15,17,19)/t10-/m0/s1. The fraction of sp³-hybridized carbons (Fsp3) is 0.429. The lowest BCUT2D eigenvalue weighted by atomic mass is 10.1. The molecular formula is C14H21N3O2. The number of nitrogens with one attached hydrogen (secondary N) is 3. The molecule has 1 aromatic rings. The number of hydrogen-bond donors (Lipinski definition) is 3. The van der Waals surface area contributed by atoms with E-state index in [0.717, 1.165) is 0 Å². The van der Waals surface area contributed by atoms with Crippen molar-refractivity contribution in [2.75, 3.05) is 10.6 Å². The number of benzene rings is 1. The van der Waals surface area contributed by atoms with Crippen LogP contribution in [0.2, 0.25) is 0 Å². The van der Waals surface area contributed by atoms with Crippen LogP contribution in [0.5, 0.6) is 0 Å². The van der Waals surface area contributed by atoms with E-state index in [4.69, 9.17) is 0 Å². The lowest BCUT2D eigenvalue weighted by Crippen LogP contribution is -2.38. The average Bonchev–Trinajstić information content (AvgIpc) is 2.30. The van der Waals surface area contributed by atoms with Gasteiger partial charge in [0, 0.05) is 24.3 Å². The Bertz CT molecular complexity index is 441. The van der Waals surface area contributed by atoms with E-state index in [1.54, 1.807) is 24.3 Å². The Morgan fingerprint density at radius 2 is 1.42 bits per heavy atom. The van der Waals surface area contributed by atoms with Gasteiger partial charge in [-0.25, -0.2) is 4.79 Å². The zero-order valence-electron chi connectivity index (χ0n) is 11.8. The number of urea groups is 1. The maximum Gasteiger partial charge on any atom is 0.319 e. The first-order valence-electron chi connectivity index (χ1n) is 6.33. The van der Waals surface area contributed by atoms with Crippen LogP contribution in [0.15, 0.2) is 24.3 Å². The second-order valence-corrected chi connectivity index (χ2v) is 4.89. The number of carbonyl (C=O) groups excluding carboxylic acids is 2. The zero-order valence-corrected chi connectivity index (χ0v) is 11.8. The summed E-state index contributed by atoms with van der Waals surface area (Å²) in [5.41, 5.74) is 1.39. The highest BCUT2D eigenvalue weighted by molar-refractivity contribution is 5.91. The highest BCUT2D eigenvalue weighted by Crippen LogP contribution is 2.13. The van der Waals surface area contributed by atoms with Crippen LogP contribution in [-0.2, 0) is 4.79 Å². The van der Waals surface area contributed by atoms with Crippen molar-refractivity contribution in [3.8, 4) is 0 Å². The summed E-state index contributed by atoms with van der Waals surface area (Å²) >= 11 is 0. The van der Waals surface area contributed by atoms with E-state index in [2.05, 4.69) is 16.0 Å². The van der Waals surface area contributed by atoms with Crippen LogP contribution in [0.3, 0.4) is 0 Å². The molecule has 5 nitrogen and oxygen atoms in total. The van der Waals surface area contributed by atoms with Crippen molar-refractivity contribution < 1.29 is 9.59 Å². The first-order valence-corrected chi connectivity index (χ1v) is 6.33. The van der Waals surface area contributed by atoms with Gasteiger partial charge >= 0.3 is 6.03 Å². The smallest absolute Gasteiger partial charge is 0.319 e. The Kier molecular flexibility index (Phi) is 5.36. The monoisotopic (exact) mass is 263 g/mol. The summed E-state index contributed by atoms with van der Waals surface area (Å²) < 4.78 is 0. The van der Waals surface area contributed by atoms with Gasteiger partial charge in [0.1, 0.15) is 0 Å². The van der Waals surface area contributed by atoms with Crippen molar-refractivity contribution in [2.45, 2.75) is 33.7 Å². The van der Waals surface area contributed by atoms with E-state index < -0.39 is 0 Å². The van der Waals surface area contributed by atoms with Gasteiger partial charge in [0.25, 0.3) is 0 Å². The molecule has 19 heavy (non-hydrogen) atoms. The fourth-order valence-electron chi connectivity index (χ4n) is 1.38. The molecule has 5 heteroatoms. The quantitative estimate of drug-likeness (QED) is 0.781. The van der Waals surface area contributed by atoms with E-state index in [-0.39, 0.29) is 18.0 Å². The Labute approximate surface area is 113 Å². The molecule has 1 atom stereocenters. The second kappa shape index (κ2) is 6.78. The molecule has 104 valence electrons. The number of hydrogen-bond acceptors (Lipinski definition) is 2. The molecule has 0 unspecified atom stereocenters. The second-order valence-electron chi connectivity index (χ2n) is 4.89. The maximum atomic E-state index is 11.7. The van der Waals surface area contributed by atoms with Crippen LogP contribution >= 0.6 is 0 Å². The van der Waals surface area contributed by atoms with Crippen molar-refractivity contribution in [3.05, 3.63) is 24.3 Å². The third kappa shape index (κ3) is 5.42. The first-order chi connectivity index (χ1) is 8.88. The highest BCUT2D eigenvalue weighted by atomic mass is 16.2. The van der Waals surface area contributed by atoms with Crippen molar-refractivity contribution in [1.82, 2.24) is 5.32 Å². The summed E-state index contributed by atoms with van der Waals surface area (Å²) in [6.45, 7) is 7.51. The van der Waals surface area contributed by atoms with Crippen LogP contribution in [0, 0.1) is 5.92 Å². The molecule has 1 aromatic carbocycles. The van der Waals surface area contributed by atoms with E-state index in [1.807, 2.05) is 20.8 Å². The summed E-state index contributed by atoms with van der Waals surface area (Å²) in [5, 5.41) is 8.27. The van der Waals surface area contributed by atoms with Crippen LogP contribution in [0.1, 0.15) is 27.7 Å². The highest BCUT2D eigenvalue weighted by Gasteiger charge is 2.10. The van der Waals surface area contributed by atoms with Crippen molar-refractivity contribution in [1.29, 1.82) is 0 Å². The lowest BCUT2D eigenvalue weighted by molar-refractivity contribution is -0.114. The molecule has 0 heterocycles. The van der Waals surface area contributed by atoms with Crippen LogP contribution in [0.25, 0.3) is 0 Å². The average molecular weight is 263 g/mol. The minimum atomic E-state index is -0.228. The molecule has 0 radical (unpaired) electrons. The maximum absolute atomic E-state index is 11.7. The molecule has 0 spiro atoms. The normalized spacial score (nSPS) is 11.8. The Morgan fingerprint density at radius 3 is 1.84 bits per heavy atom. The van der Waals surface area contributed by atoms with Gasteiger partial charge in [0.2, 0.25) is 5.91 Å². The largest absolute Gasteiger partial charge is 0.335 e. The van der Waals surface area contributed by atoms with Gasteiger partial charge < -0.3 is 16.0 Å². The zero-order chi connectivity index (χ0) is 14.4. The van der Waals surface area contributed by atoms with Crippen LogP contribution in [-0.4, -0.2) is 18.0 Å². The van der Waals surface area contributed by atoms with Crippen molar-refractivity contribution in [3.63, 3.8) is 0 Å². The van der Waals surface area contributed by atoms with E-state index >= 15 is 0 Å². The minimum Gasteiger partial charge on any atom is -0.335 e. The SMILES string of the molecule is CC(=O)Nc1ccc(NC(=O)N[C@@H](C)C(C)C)cc1. The van der Waals surface area contributed by atoms with Gasteiger partial charge in [-0.3, -0.25) is 4.79 Å². The number of anilines is 2. The third-order valence-corrected chi connectivity index (χ3v) is 2.82. The van der Waals surface area contributed by atoms with Crippen molar-refractivity contribution >= 4 is 23.3 Å². The van der Waals surface area contributed by atoms with Crippen molar-refractivity contribution in [2.24, 2.45) is 5.92 Å². The van der Waals surface area contributed by atoms with E-state index in [9.17, 15) is 9.59 Å². The summed E-state index contributed by atoms with van der Waals surface area (Å²) in [7, 11) is 0. The number of amides is 3. The van der Waals surface area contributed by atoms with Crippen LogP contribution in [0.4, 0.5) is 16.2 Å². The van der Waals surface area contributed by atoms with Gasteiger partial charge in [-0.2, -0.15) is 0 Å². The van der Waals surface area contributed by atoms with E-state index in [0.29, 0.717) is 17.3 Å². The molecule has 3 amide bonds. The molecule has 0 saturated carbocycles. The lowest BCUT2D eigenvalue weighted by Gasteiger charge is -2.17. The fourth-order valence-corrected chi connectivity index (χ4v) is 1.38. The van der Waals surface area contributed by atoms with Crippen LogP contribution < -0.4 is 16.0 Å². The Morgan fingerprint density at radius 1 is 0.947 bits per heavy atom. The molecule has 0 saturated heterocycles. The van der Waals surface area contributed by atoms with Gasteiger partial charge in [-0.1, -0.05) is 13.8 Å². The van der Waals surface area contributed by atoms with E-state index in [1.165, 1.54) is 6.92 Å². The summed E-state index contributed by atoms with van der Waals surface area (Å²) in [6, 6.07) is 6.84. The predicted molar refractivity (Wildman–Crippen MR) is 77.2 cm³/mol. The van der Waals surface area contributed by atoms with Gasteiger partial charge in [0.05, 0.1) is 0 Å². The summed E-state index contributed by atoms with van der Waals surface area (Å²) in [5.74, 6) is 0.261. The number of rotatable bonds is 4.